The molecule has 0 bridgehead atoms. The predicted molar refractivity (Wildman–Crippen MR) is 143 cm³/mol. The largest absolute Gasteiger partial charge is 0.384 e. The Morgan fingerprint density at radius 1 is 1.16 bits per heavy atom. The molecular formula is C28H32FN7O2. The van der Waals surface area contributed by atoms with Gasteiger partial charge in [0.25, 0.3) is 5.56 Å². The number of benzene rings is 1. The third kappa shape index (κ3) is 3.90. The lowest BCUT2D eigenvalue weighted by atomic mass is 9.77. The molecule has 1 aromatic carbocycles. The van der Waals surface area contributed by atoms with Gasteiger partial charge in [0, 0.05) is 36.4 Å². The average molecular weight is 518 g/mol. The summed E-state index contributed by atoms with van der Waals surface area (Å²) in [6.45, 7) is 9.83. The van der Waals surface area contributed by atoms with Gasteiger partial charge in [0.15, 0.2) is 11.5 Å². The van der Waals surface area contributed by atoms with Gasteiger partial charge in [-0.2, -0.15) is 4.98 Å². The van der Waals surface area contributed by atoms with Crippen LogP contribution in [-0.4, -0.2) is 36.0 Å². The molecule has 1 aliphatic carbocycles. The molecule has 38 heavy (non-hydrogen) atoms. The molecule has 0 radical (unpaired) electrons. The number of nitrogens with one attached hydrogen (secondary N) is 2. The molecule has 9 nitrogen and oxygen atoms in total. The Morgan fingerprint density at radius 2 is 1.95 bits per heavy atom. The van der Waals surface area contributed by atoms with Crippen LogP contribution in [0.4, 0.5) is 16.0 Å². The molecule has 2 aliphatic rings. The van der Waals surface area contributed by atoms with Crippen molar-refractivity contribution in [2.45, 2.75) is 70.6 Å². The van der Waals surface area contributed by atoms with Crippen LogP contribution in [0, 0.1) is 5.82 Å². The number of anilines is 2. The monoisotopic (exact) mass is 517 g/mol. The number of aromatic nitrogens is 5. The second-order valence-electron chi connectivity index (χ2n) is 11.4. The Kier molecular flexibility index (Phi) is 5.66. The van der Waals surface area contributed by atoms with E-state index in [1.807, 2.05) is 19.9 Å². The van der Waals surface area contributed by atoms with Crippen molar-refractivity contribution >= 4 is 22.7 Å². The van der Waals surface area contributed by atoms with Gasteiger partial charge in [0.1, 0.15) is 16.7 Å². The van der Waals surface area contributed by atoms with E-state index in [4.69, 9.17) is 0 Å². The smallest absolute Gasteiger partial charge is 0.278 e. The van der Waals surface area contributed by atoms with E-state index < -0.39 is 11.4 Å². The third-order valence-corrected chi connectivity index (χ3v) is 7.81. The summed E-state index contributed by atoms with van der Waals surface area (Å²) in [5, 5.41) is 17.9. The molecule has 3 N–H and O–H groups in total. The Hall–Kier alpha value is -3.63. The maximum absolute atomic E-state index is 15.3. The minimum atomic E-state index is -1.08. The fraction of sp³-hybridized carbons (Fsp3) is 0.429. The third-order valence-electron chi connectivity index (χ3n) is 7.81. The summed E-state index contributed by atoms with van der Waals surface area (Å²) >= 11 is 0. The number of pyridine rings is 1. The van der Waals surface area contributed by atoms with Gasteiger partial charge in [0.2, 0.25) is 5.95 Å². The number of halogens is 1. The Bertz CT molecular complexity index is 1620. The number of aliphatic hydroxyl groups is 1. The first-order chi connectivity index (χ1) is 18.1. The lowest BCUT2D eigenvalue weighted by Gasteiger charge is -2.36. The van der Waals surface area contributed by atoms with E-state index in [2.05, 4.69) is 51.6 Å². The Labute approximate surface area is 219 Å². The molecule has 3 aromatic heterocycles. The van der Waals surface area contributed by atoms with Crippen LogP contribution < -0.4 is 16.2 Å². The van der Waals surface area contributed by atoms with Gasteiger partial charge in [-0.15, -0.1) is 0 Å². The highest BCUT2D eigenvalue weighted by Gasteiger charge is 2.38. The maximum Gasteiger partial charge on any atom is 0.278 e. The molecule has 0 unspecified atom stereocenters. The fourth-order valence-corrected chi connectivity index (χ4v) is 5.58. The highest BCUT2D eigenvalue weighted by molar-refractivity contribution is 5.77. The van der Waals surface area contributed by atoms with E-state index in [9.17, 15) is 9.90 Å². The summed E-state index contributed by atoms with van der Waals surface area (Å²) in [4.78, 5) is 26.6. The normalized spacial score (nSPS) is 17.9. The minimum Gasteiger partial charge on any atom is -0.384 e. The van der Waals surface area contributed by atoms with Crippen LogP contribution in [0.5, 0.6) is 0 Å². The first-order valence-corrected chi connectivity index (χ1v) is 13.1. The highest BCUT2D eigenvalue weighted by Crippen LogP contribution is 2.41. The molecule has 1 aliphatic heterocycles. The van der Waals surface area contributed by atoms with Gasteiger partial charge >= 0.3 is 0 Å². The fourth-order valence-electron chi connectivity index (χ4n) is 5.58. The van der Waals surface area contributed by atoms with E-state index in [0.717, 1.165) is 31.4 Å². The van der Waals surface area contributed by atoms with Gasteiger partial charge in [0.05, 0.1) is 11.9 Å². The summed E-state index contributed by atoms with van der Waals surface area (Å²) in [6, 6.07) is 7.45. The summed E-state index contributed by atoms with van der Waals surface area (Å²) in [6.07, 6.45) is 4.60. The van der Waals surface area contributed by atoms with Crippen molar-refractivity contribution in [3.63, 3.8) is 0 Å². The topological polar surface area (TPSA) is 110 Å². The van der Waals surface area contributed by atoms with E-state index in [0.29, 0.717) is 24.5 Å². The Morgan fingerprint density at radius 3 is 2.66 bits per heavy atom. The van der Waals surface area contributed by atoms with Crippen LogP contribution in [0.2, 0.25) is 0 Å². The van der Waals surface area contributed by atoms with Crippen LogP contribution in [0.1, 0.15) is 69.8 Å². The van der Waals surface area contributed by atoms with Crippen LogP contribution in [0.15, 0.2) is 41.5 Å². The van der Waals surface area contributed by atoms with Crippen LogP contribution in [0.3, 0.4) is 0 Å². The standard InChI is InChI=1S/C28H32FN7O2/c1-16(2)35-25(37)19-13-32-26(33-18-6-7-20-17(10-18)12-30-15-27(20,3)4)34-24(19)36(35)22-11-23(31-14-21(22)29)28(38)8-5-9-28/h6-7,10-11,13-14,16,30,38H,5,8-9,12,15H2,1-4H3,(H,32,33,34). The van der Waals surface area contributed by atoms with Gasteiger partial charge in [-0.05, 0) is 62.4 Å². The zero-order valence-electron chi connectivity index (χ0n) is 22.0. The summed E-state index contributed by atoms with van der Waals surface area (Å²) < 4.78 is 18.2. The van der Waals surface area contributed by atoms with Crippen LogP contribution in [0.25, 0.3) is 16.7 Å². The minimum absolute atomic E-state index is 0.0391. The lowest BCUT2D eigenvalue weighted by molar-refractivity contribution is -0.0427. The van der Waals surface area contributed by atoms with Crippen molar-refractivity contribution in [2.24, 2.45) is 0 Å². The molecule has 6 rings (SSSR count). The van der Waals surface area contributed by atoms with Crippen molar-refractivity contribution < 1.29 is 9.50 Å². The Balaban J connectivity index is 1.47. The molecule has 4 heterocycles. The molecule has 0 saturated heterocycles. The van der Waals surface area contributed by atoms with Crippen molar-refractivity contribution in [3.8, 4) is 5.69 Å². The molecular weight excluding hydrogens is 485 g/mol. The van der Waals surface area contributed by atoms with Gasteiger partial charge in [-0.3, -0.25) is 9.78 Å². The number of hydrogen-bond acceptors (Lipinski definition) is 7. The van der Waals surface area contributed by atoms with Crippen molar-refractivity contribution in [3.05, 3.63) is 69.7 Å². The molecule has 1 saturated carbocycles. The number of nitrogens with zero attached hydrogens (tertiary/aromatic N) is 5. The number of rotatable bonds is 5. The predicted octanol–water partition coefficient (Wildman–Crippen LogP) is 4.19. The van der Waals surface area contributed by atoms with Crippen molar-refractivity contribution in [2.75, 3.05) is 11.9 Å². The summed E-state index contributed by atoms with van der Waals surface area (Å²) in [5.41, 5.74) is 2.76. The quantitative estimate of drug-likeness (QED) is 0.364. The molecule has 198 valence electrons. The van der Waals surface area contributed by atoms with E-state index >= 15 is 4.39 Å². The van der Waals surface area contributed by atoms with E-state index in [1.165, 1.54) is 32.8 Å². The second-order valence-corrected chi connectivity index (χ2v) is 11.4. The maximum atomic E-state index is 15.3. The summed E-state index contributed by atoms with van der Waals surface area (Å²) in [5.74, 6) is -0.316. The van der Waals surface area contributed by atoms with Gasteiger partial charge in [-0.25, -0.2) is 18.7 Å². The van der Waals surface area contributed by atoms with Crippen LogP contribution in [-0.2, 0) is 17.6 Å². The number of fused-ring (bicyclic) bond motifs is 2. The first-order valence-electron chi connectivity index (χ1n) is 13.1. The summed E-state index contributed by atoms with van der Waals surface area (Å²) in [7, 11) is 0. The zero-order valence-corrected chi connectivity index (χ0v) is 22.0. The highest BCUT2D eigenvalue weighted by atomic mass is 19.1. The molecule has 1 fully saturated rings. The lowest BCUT2D eigenvalue weighted by Crippen LogP contribution is -2.38. The van der Waals surface area contributed by atoms with E-state index in [-0.39, 0.29) is 33.7 Å². The van der Waals surface area contributed by atoms with Gasteiger partial charge in [-0.1, -0.05) is 19.9 Å². The molecule has 10 heteroatoms. The van der Waals surface area contributed by atoms with Gasteiger partial charge < -0.3 is 15.7 Å². The van der Waals surface area contributed by atoms with Crippen molar-refractivity contribution in [1.29, 1.82) is 0 Å². The molecule has 4 aromatic rings. The first kappa shape index (κ1) is 24.7. The van der Waals surface area contributed by atoms with E-state index in [1.54, 1.807) is 0 Å². The number of hydrogen-bond donors (Lipinski definition) is 3. The average Bonchev–Trinajstić information content (AvgIpc) is 3.14. The zero-order chi connectivity index (χ0) is 26.8. The SMILES string of the molecule is CC(C)n1c(=O)c2cnc(Nc3ccc4c(c3)CNCC4(C)C)nc2n1-c1cc(C2(O)CCC2)ncc1F. The molecule has 0 spiro atoms. The van der Waals surface area contributed by atoms with Crippen molar-refractivity contribution in [1.82, 2.24) is 29.6 Å². The molecule has 0 amide bonds. The van der Waals surface area contributed by atoms with Crippen LogP contribution >= 0.6 is 0 Å². The molecule has 0 atom stereocenters. The second kappa shape index (κ2) is 8.71.